The van der Waals surface area contributed by atoms with E-state index < -0.39 is 49.1 Å². The van der Waals surface area contributed by atoms with E-state index in [0.29, 0.717) is 0 Å². The standard InChI is InChI=1S/C18H14O8/c19-7-9(20)8-25-15(22)6-13(21)14-5-12-16(23)10-3-1-2-4-11(10)17(24)18(12)26-14/h1-5,9,19-20H,6-8H2/t9-/m1/s1. The highest BCUT2D eigenvalue weighted by atomic mass is 16.5. The molecule has 0 spiro atoms. The Kier molecular flexibility index (Phi) is 4.79. The van der Waals surface area contributed by atoms with Gasteiger partial charge in [-0.15, -0.1) is 0 Å². The van der Waals surface area contributed by atoms with Crippen LogP contribution in [0.5, 0.6) is 0 Å². The Morgan fingerprint density at radius 3 is 2.38 bits per heavy atom. The smallest absolute Gasteiger partial charge is 0.313 e. The number of ketones is 3. The minimum Gasteiger partial charge on any atom is -0.462 e. The molecule has 0 fully saturated rings. The first kappa shape index (κ1) is 17.7. The van der Waals surface area contributed by atoms with Crippen molar-refractivity contribution in [2.24, 2.45) is 0 Å². The number of aliphatic hydroxyl groups is 2. The van der Waals surface area contributed by atoms with Crippen LogP contribution in [0.2, 0.25) is 0 Å². The Balaban J connectivity index is 1.78. The molecule has 0 aliphatic heterocycles. The van der Waals surface area contributed by atoms with E-state index in [1.54, 1.807) is 12.1 Å². The van der Waals surface area contributed by atoms with Crippen LogP contribution < -0.4 is 0 Å². The van der Waals surface area contributed by atoms with Gasteiger partial charge < -0.3 is 19.4 Å². The van der Waals surface area contributed by atoms with Crippen molar-refractivity contribution in [2.75, 3.05) is 13.2 Å². The van der Waals surface area contributed by atoms with E-state index in [9.17, 15) is 19.2 Å². The number of furan rings is 1. The van der Waals surface area contributed by atoms with Gasteiger partial charge in [0.15, 0.2) is 17.3 Å². The number of benzene rings is 1. The Morgan fingerprint density at radius 1 is 1.08 bits per heavy atom. The Labute approximate surface area is 147 Å². The zero-order chi connectivity index (χ0) is 18.8. The van der Waals surface area contributed by atoms with Crippen molar-refractivity contribution in [1.82, 2.24) is 0 Å². The Bertz CT molecular complexity index is 855. The predicted molar refractivity (Wildman–Crippen MR) is 85.0 cm³/mol. The molecule has 1 aliphatic carbocycles. The molecule has 0 radical (unpaired) electrons. The molecule has 0 bridgehead atoms. The molecule has 1 heterocycles. The summed E-state index contributed by atoms with van der Waals surface area (Å²) in [4.78, 5) is 48.6. The van der Waals surface area contributed by atoms with E-state index in [-0.39, 0.29) is 28.2 Å². The number of carbonyl (C=O) groups is 4. The molecular formula is C18H14O8. The summed E-state index contributed by atoms with van der Waals surface area (Å²) in [5, 5.41) is 17.7. The first-order valence-electron chi connectivity index (χ1n) is 7.72. The molecule has 1 aromatic carbocycles. The summed E-state index contributed by atoms with van der Waals surface area (Å²) in [7, 11) is 0. The zero-order valence-electron chi connectivity index (χ0n) is 13.4. The number of hydrogen-bond donors (Lipinski definition) is 2. The van der Waals surface area contributed by atoms with Crippen molar-refractivity contribution in [3.05, 3.63) is 58.5 Å². The highest BCUT2D eigenvalue weighted by molar-refractivity contribution is 6.28. The number of hydrogen-bond acceptors (Lipinski definition) is 8. The molecule has 1 aromatic heterocycles. The fourth-order valence-corrected chi connectivity index (χ4v) is 2.52. The first-order valence-corrected chi connectivity index (χ1v) is 7.72. The van der Waals surface area contributed by atoms with Gasteiger partial charge in [-0.2, -0.15) is 0 Å². The second-order valence-corrected chi connectivity index (χ2v) is 5.68. The molecule has 134 valence electrons. The number of ether oxygens (including phenoxy) is 1. The van der Waals surface area contributed by atoms with E-state index >= 15 is 0 Å². The van der Waals surface area contributed by atoms with E-state index in [1.807, 2.05) is 0 Å². The van der Waals surface area contributed by atoms with Crippen molar-refractivity contribution in [3.8, 4) is 0 Å². The van der Waals surface area contributed by atoms with Crippen molar-refractivity contribution in [1.29, 1.82) is 0 Å². The molecule has 0 amide bonds. The van der Waals surface area contributed by atoms with Crippen molar-refractivity contribution in [2.45, 2.75) is 12.5 Å². The summed E-state index contributed by atoms with van der Waals surface area (Å²) >= 11 is 0. The summed E-state index contributed by atoms with van der Waals surface area (Å²) < 4.78 is 9.87. The highest BCUT2D eigenvalue weighted by Crippen LogP contribution is 2.29. The number of carbonyl (C=O) groups excluding carboxylic acids is 4. The second-order valence-electron chi connectivity index (χ2n) is 5.68. The van der Waals surface area contributed by atoms with Crippen molar-refractivity contribution >= 4 is 23.3 Å². The molecule has 0 saturated heterocycles. The fourth-order valence-electron chi connectivity index (χ4n) is 2.52. The summed E-state index contributed by atoms with van der Waals surface area (Å²) in [6, 6.07) is 7.38. The molecule has 1 atom stereocenters. The van der Waals surface area contributed by atoms with Crippen LogP contribution in [0.15, 0.2) is 34.7 Å². The Hall–Kier alpha value is -3.10. The monoisotopic (exact) mass is 358 g/mol. The summed E-state index contributed by atoms with van der Waals surface area (Å²) in [6.07, 6.45) is -1.93. The van der Waals surface area contributed by atoms with Crippen molar-refractivity contribution in [3.63, 3.8) is 0 Å². The van der Waals surface area contributed by atoms with Crippen LogP contribution in [-0.4, -0.2) is 52.8 Å². The van der Waals surface area contributed by atoms with E-state index in [1.165, 1.54) is 12.1 Å². The summed E-state index contributed by atoms with van der Waals surface area (Å²) in [5.74, 6) is -3.19. The third-order valence-electron chi connectivity index (χ3n) is 3.83. The number of esters is 1. The van der Waals surface area contributed by atoms with Crippen LogP contribution in [0.4, 0.5) is 0 Å². The molecule has 0 saturated carbocycles. The van der Waals surface area contributed by atoms with Crippen LogP contribution in [0, 0.1) is 0 Å². The molecule has 3 rings (SSSR count). The molecule has 2 aromatic rings. The third kappa shape index (κ3) is 3.19. The second kappa shape index (κ2) is 7.03. The maximum absolute atomic E-state index is 12.5. The largest absolute Gasteiger partial charge is 0.462 e. The van der Waals surface area contributed by atoms with Gasteiger partial charge in [0.05, 0.1) is 12.2 Å². The van der Waals surface area contributed by atoms with Crippen molar-refractivity contribution < 1.29 is 38.5 Å². The normalized spacial score (nSPS) is 13.8. The highest BCUT2D eigenvalue weighted by Gasteiger charge is 2.34. The molecule has 1 aliphatic rings. The maximum atomic E-state index is 12.5. The number of fused-ring (bicyclic) bond motifs is 2. The predicted octanol–water partition coefficient (Wildman–Crippen LogP) is 0.524. The zero-order valence-corrected chi connectivity index (χ0v) is 13.4. The lowest BCUT2D eigenvalue weighted by molar-refractivity contribution is -0.146. The van der Waals surface area contributed by atoms with Gasteiger partial charge >= 0.3 is 5.97 Å². The van der Waals surface area contributed by atoms with Crippen LogP contribution in [-0.2, 0) is 9.53 Å². The van der Waals surface area contributed by atoms with E-state index in [4.69, 9.17) is 14.6 Å². The fraction of sp³-hybridized carbons (Fsp3) is 0.222. The van der Waals surface area contributed by atoms with Crippen LogP contribution in [0.1, 0.15) is 49.0 Å². The van der Waals surface area contributed by atoms with Gasteiger partial charge in [0.2, 0.25) is 11.6 Å². The van der Waals surface area contributed by atoms with Gasteiger partial charge in [0.1, 0.15) is 19.1 Å². The SMILES string of the molecule is O=C(CC(=O)c1cc2c(o1)C(=O)c1ccccc1C2=O)OC[C@H](O)CO. The minimum absolute atomic E-state index is 0.0267. The third-order valence-corrected chi connectivity index (χ3v) is 3.83. The summed E-state index contributed by atoms with van der Waals surface area (Å²) in [5.41, 5.74) is 0.388. The molecule has 26 heavy (non-hydrogen) atoms. The van der Waals surface area contributed by atoms with E-state index in [0.717, 1.165) is 6.07 Å². The minimum atomic E-state index is -1.24. The average molecular weight is 358 g/mol. The maximum Gasteiger partial charge on any atom is 0.313 e. The lowest BCUT2D eigenvalue weighted by Gasteiger charge is -2.11. The molecule has 8 nitrogen and oxygen atoms in total. The summed E-state index contributed by atoms with van der Waals surface area (Å²) in [6.45, 7) is -1.04. The van der Waals surface area contributed by atoms with Crippen LogP contribution >= 0.6 is 0 Å². The number of Topliss-reactive ketones (excluding diaryl/α,β-unsaturated/α-hetero) is 1. The molecule has 2 N–H and O–H groups in total. The van der Waals surface area contributed by atoms with Gasteiger partial charge in [-0.25, -0.2) is 0 Å². The van der Waals surface area contributed by atoms with Gasteiger partial charge in [-0.05, 0) is 6.07 Å². The molecule has 0 unspecified atom stereocenters. The first-order chi connectivity index (χ1) is 12.4. The number of aliphatic hydroxyl groups excluding tert-OH is 2. The molecule has 8 heteroatoms. The molecular weight excluding hydrogens is 344 g/mol. The van der Waals surface area contributed by atoms with Gasteiger partial charge in [-0.1, -0.05) is 24.3 Å². The van der Waals surface area contributed by atoms with Crippen LogP contribution in [0.3, 0.4) is 0 Å². The number of rotatable bonds is 6. The van der Waals surface area contributed by atoms with Gasteiger partial charge in [-0.3, -0.25) is 19.2 Å². The lowest BCUT2D eigenvalue weighted by atomic mass is 9.88. The quantitative estimate of drug-likeness (QED) is 0.370. The lowest BCUT2D eigenvalue weighted by Crippen LogP contribution is -2.23. The van der Waals surface area contributed by atoms with E-state index in [2.05, 4.69) is 4.74 Å². The topological polar surface area (TPSA) is 131 Å². The van der Waals surface area contributed by atoms with Gasteiger partial charge in [0.25, 0.3) is 0 Å². The van der Waals surface area contributed by atoms with Gasteiger partial charge in [0, 0.05) is 11.1 Å². The Morgan fingerprint density at radius 2 is 1.73 bits per heavy atom. The van der Waals surface area contributed by atoms with Crippen LogP contribution in [0.25, 0.3) is 0 Å². The average Bonchev–Trinajstić information content (AvgIpc) is 3.10.